The highest BCUT2D eigenvalue weighted by Crippen LogP contribution is 2.39. The van der Waals surface area contributed by atoms with Crippen molar-refractivity contribution in [1.82, 2.24) is 8.61 Å². The molecule has 0 spiro atoms. The zero-order valence-electron chi connectivity index (χ0n) is 8.10. The molecule has 2 bridgehead atoms. The van der Waals surface area contributed by atoms with Crippen LogP contribution in [0.15, 0.2) is 0 Å². The molecule has 0 N–H and O–H groups in total. The standard InChI is InChI=1S/C8H16N2O2S/c1-9(2)13(11,12)10-7-3-4-8(10)6-5-7/h7-8H,3-6H2,1-2H3. The van der Waals surface area contributed by atoms with Gasteiger partial charge in [-0.25, -0.2) is 0 Å². The molecule has 0 aromatic heterocycles. The molecule has 0 aliphatic carbocycles. The summed E-state index contributed by atoms with van der Waals surface area (Å²) in [6, 6.07) is 0.579. The van der Waals surface area contributed by atoms with E-state index in [9.17, 15) is 8.42 Å². The van der Waals surface area contributed by atoms with Gasteiger partial charge in [-0.2, -0.15) is 17.0 Å². The first-order valence-electron chi connectivity index (χ1n) is 4.74. The summed E-state index contributed by atoms with van der Waals surface area (Å²) in [5, 5.41) is 0. The fourth-order valence-corrected chi connectivity index (χ4v) is 3.98. The molecule has 0 atom stereocenters. The molecule has 2 aliphatic rings. The van der Waals surface area contributed by atoms with Crippen LogP contribution in [0, 0.1) is 0 Å². The molecule has 0 aromatic carbocycles. The van der Waals surface area contributed by atoms with E-state index in [2.05, 4.69) is 0 Å². The molecule has 2 heterocycles. The molecule has 4 nitrogen and oxygen atoms in total. The Morgan fingerprint density at radius 2 is 1.46 bits per heavy atom. The quantitative estimate of drug-likeness (QED) is 0.654. The molecule has 0 unspecified atom stereocenters. The van der Waals surface area contributed by atoms with Crippen LogP contribution in [0.5, 0.6) is 0 Å². The largest absolute Gasteiger partial charge is 0.281 e. The Labute approximate surface area is 79.7 Å². The van der Waals surface area contributed by atoms with Crippen LogP contribution >= 0.6 is 0 Å². The predicted octanol–water partition coefficient (Wildman–Crippen LogP) is 0.420. The van der Waals surface area contributed by atoms with Crippen molar-refractivity contribution >= 4 is 10.2 Å². The first-order valence-corrected chi connectivity index (χ1v) is 6.14. The first-order chi connectivity index (χ1) is 6.03. The Morgan fingerprint density at radius 3 is 1.77 bits per heavy atom. The van der Waals surface area contributed by atoms with Crippen LogP contribution in [0.1, 0.15) is 25.7 Å². The van der Waals surface area contributed by atoms with Crippen LogP contribution in [0.3, 0.4) is 0 Å². The molecule has 13 heavy (non-hydrogen) atoms. The van der Waals surface area contributed by atoms with E-state index in [-0.39, 0.29) is 12.1 Å². The first kappa shape index (κ1) is 9.43. The molecular formula is C8H16N2O2S. The summed E-state index contributed by atoms with van der Waals surface area (Å²) < 4.78 is 26.7. The molecule has 5 heteroatoms. The molecule has 0 aromatic rings. The molecule has 0 radical (unpaired) electrons. The minimum atomic E-state index is -3.15. The van der Waals surface area contributed by atoms with Crippen molar-refractivity contribution in [3.63, 3.8) is 0 Å². The van der Waals surface area contributed by atoms with Crippen LogP contribution in [-0.2, 0) is 10.2 Å². The minimum Gasteiger partial charge on any atom is -0.195 e. The molecule has 2 rings (SSSR count). The smallest absolute Gasteiger partial charge is 0.195 e. The third kappa shape index (κ3) is 1.30. The van der Waals surface area contributed by atoms with Gasteiger partial charge in [0.25, 0.3) is 10.2 Å². The molecular weight excluding hydrogens is 188 g/mol. The van der Waals surface area contributed by atoms with Crippen molar-refractivity contribution in [3.8, 4) is 0 Å². The summed E-state index contributed by atoms with van der Waals surface area (Å²) in [7, 11) is 0.0627. The topological polar surface area (TPSA) is 40.6 Å². The van der Waals surface area contributed by atoms with Gasteiger partial charge in [-0.05, 0) is 25.7 Å². The number of fused-ring (bicyclic) bond motifs is 2. The lowest BCUT2D eigenvalue weighted by Crippen LogP contribution is -2.42. The molecule has 2 fully saturated rings. The highest BCUT2D eigenvalue weighted by Gasteiger charge is 2.46. The monoisotopic (exact) mass is 204 g/mol. The zero-order valence-corrected chi connectivity index (χ0v) is 8.92. The second-order valence-corrected chi connectivity index (χ2v) is 6.13. The van der Waals surface area contributed by atoms with E-state index in [4.69, 9.17) is 0 Å². The van der Waals surface area contributed by atoms with E-state index in [1.54, 1.807) is 18.4 Å². The third-order valence-corrected chi connectivity index (χ3v) is 5.17. The fourth-order valence-electron chi connectivity index (χ4n) is 2.43. The van der Waals surface area contributed by atoms with E-state index in [1.165, 1.54) is 4.31 Å². The zero-order chi connectivity index (χ0) is 9.64. The van der Waals surface area contributed by atoms with Gasteiger partial charge >= 0.3 is 0 Å². The lowest BCUT2D eigenvalue weighted by Gasteiger charge is -2.24. The van der Waals surface area contributed by atoms with E-state index in [0.29, 0.717) is 0 Å². The maximum absolute atomic E-state index is 11.8. The van der Waals surface area contributed by atoms with Crippen LogP contribution in [-0.4, -0.2) is 43.2 Å². The normalized spacial score (nSPS) is 34.7. The van der Waals surface area contributed by atoms with Gasteiger partial charge in [-0.15, -0.1) is 0 Å². The predicted molar refractivity (Wildman–Crippen MR) is 50.5 cm³/mol. The average molecular weight is 204 g/mol. The molecule has 2 saturated heterocycles. The van der Waals surface area contributed by atoms with Crippen molar-refractivity contribution in [3.05, 3.63) is 0 Å². The van der Waals surface area contributed by atoms with E-state index in [0.717, 1.165) is 25.7 Å². The Morgan fingerprint density at radius 1 is 1.08 bits per heavy atom. The summed E-state index contributed by atoms with van der Waals surface area (Å²) >= 11 is 0. The van der Waals surface area contributed by atoms with Crippen LogP contribution in [0.25, 0.3) is 0 Å². The van der Waals surface area contributed by atoms with Gasteiger partial charge < -0.3 is 0 Å². The van der Waals surface area contributed by atoms with Gasteiger partial charge in [-0.1, -0.05) is 0 Å². The second-order valence-electron chi connectivity index (χ2n) is 4.08. The van der Waals surface area contributed by atoms with Gasteiger partial charge in [0.1, 0.15) is 0 Å². The van der Waals surface area contributed by atoms with Gasteiger partial charge in [0, 0.05) is 26.2 Å². The molecule has 2 aliphatic heterocycles. The number of nitrogens with zero attached hydrogens (tertiary/aromatic N) is 2. The van der Waals surface area contributed by atoms with Crippen molar-refractivity contribution in [2.45, 2.75) is 37.8 Å². The van der Waals surface area contributed by atoms with Crippen LogP contribution < -0.4 is 0 Å². The Hall–Kier alpha value is -0.130. The van der Waals surface area contributed by atoms with Crippen LogP contribution in [0.2, 0.25) is 0 Å². The summed E-state index contributed by atoms with van der Waals surface area (Å²) in [6.45, 7) is 0. The lowest BCUT2D eigenvalue weighted by molar-refractivity contribution is 0.361. The maximum Gasteiger partial charge on any atom is 0.281 e. The van der Waals surface area contributed by atoms with Gasteiger partial charge in [0.05, 0.1) is 0 Å². The molecule has 0 saturated carbocycles. The summed E-state index contributed by atoms with van der Waals surface area (Å²) in [5.41, 5.74) is 0. The highest BCUT2D eigenvalue weighted by atomic mass is 32.2. The number of rotatable bonds is 2. The fraction of sp³-hybridized carbons (Fsp3) is 1.00. The number of hydrogen-bond acceptors (Lipinski definition) is 2. The minimum absolute atomic E-state index is 0.289. The third-order valence-electron chi connectivity index (χ3n) is 3.11. The Bertz CT molecular complexity index is 279. The molecule has 76 valence electrons. The molecule has 0 amide bonds. The summed E-state index contributed by atoms with van der Waals surface area (Å²) in [5.74, 6) is 0. The summed E-state index contributed by atoms with van der Waals surface area (Å²) in [4.78, 5) is 0. The average Bonchev–Trinajstić information content (AvgIpc) is 2.61. The van der Waals surface area contributed by atoms with Crippen molar-refractivity contribution < 1.29 is 8.42 Å². The van der Waals surface area contributed by atoms with Gasteiger partial charge in [-0.3, -0.25) is 0 Å². The van der Waals surface area contributed by atoms with Gasteiger partial charge in [0.2, 0.25) is 0 Å². The summed E-state index contributed by atoms with van der Waals surface area (Å²) in [6.07, 6.45) is 4.21. The van der Waals surface area contributed by atoms with E-state index < -0.39 is 10.2 Å². The van der Waals surface area contributed by atoms with E-state index in [1.807, 2.05) is 0 Å². The maximum atomic E-state index is 11.8. The SMILES string of the molecule is CN(C)S(=O)(=O)N1C2CCC1CC2. The van der Waals surface area contributed by atoms with Crippen molar-refractivity contribution in [2.24, 2.45) is 0 Å². The number of hydrogen-bond donors (Lipinski definition) is 0. The Balaban J connectivity index is 2.27. The second kappa shape index (κ2) is 2.93. The van der Waals surface area contributed by atoms with Crippen LogP contribution in [0.4, 0.5) is 0 Å². The van der Waals surface area contributed by atoms with Crippen molar-refractivity contribution in [1.29, 1.82) is 0 Å². The Kier molecular flexibility index (Phi) is 2.13. The lowest BCUT2D eigenvalue weighted by atomic mass is 10.0. The van der Waals surface area contributed by atoms with E-state index >= 15 is 0 Å². The van der Waals surface area contributed by atoms with Gasteiger partial charge in [0.15, 0.2) is 0 Å². The highest BCUT2D eigenvalue weighted by molar-refractivity contribution is 7.86. The van der Waals surface area contributed by atoms with Crippen molar-refractivity contribution in [2.75, 3.05) is 14.1 Å².